The standard InChI is InChI=1S/C11H11N5OS2/c12-10-15-16-11(19-10)18-7-9(17)14-13-6-8-4-2-1-3-5-8/h1-6H,7H2,(H2,12,15)(H,14,17). The minimum absolute atomic E-state index is 0.203. The summed E-state index contributed by atoms with van der Waals surface area (Å²) in [6.07, 6.45) is 1.59. The van der Waals surface area contributed by atoms with E-state index in [1.807, 2.05) is 30.3 Å². The van der Waals surface area contributed by atoms with E-state index < -0.39 is 0 Å². The van der Waals surface area contributed by atoms with Crippen molar-refractivity contribution in [2.24, 2.45) is 5.10 Å². The van der Waals surface area contributed by atoms with Gasteiger partial charge >= 0.3 is 0 Å². The van der Waals surface area contributed by atoms with Crippen LogP contribution in [0.1, 0.15) is 5.56 Å². The summed E-state index contributed by atoms with van der Waals surface area (Å²) in [5.41, 5.74) is 8.80. The zero-order chi connectivity index (χ0) is 13.5. The molecule has 0 saturated heterocycles. The van der Waals surface area contributed by atoms with Gasteiger partial charge in [-0.3, -0.25) is 4.79 Å². The lowest BCUT2D eigenvalue weighted by atomic mass is 10.2. The Kier molecular flexibility index (Phi) is 4.87. The van der Waals surface area contributed by atoms with Gasteiger partial charge in [0.25, 0.3) is 5.91 Å². The number of carbonyl (C=O) groups is 1. The molecular formula is C11H11N5OS2. The second-order valence-corrected chi connectivity index (χ2v) is 5.63. The quantitative estimate of drug-likeness (QED) is 0.493. The molecule has 0 unspecified atom stereocenters. The van der Waals surface area contributed by atoms with Crippen LogP contribution in [-0.2, 0) is 4.79 Å². The number of hydrazone groups is 1. The number of rotatable bonds is 5. The molecule has 19 heavy (non-hydrogen) atoms. The first kappa shape index (κ1) is 13.5. The van der Waals surface area contributed by atoms with Gasteiger partial charge in [-0.2, -0.15) is 5.10 Å². The lowest BCUT2D eigenvalue weighted by Crippen LogP contribution is -2.19. The van der Waals surface area contributed by atoms with Crippen molar-refractivity contribution in [2.45, 2.75) is 4.34 Å². The van der Waals surface area contributed by atoms with Crippen LogP contribution in [0.25, 0.3) is 0 Å². The van der Waals surface area contributed by atoms with Crippen molar-refractivity contribution in [3.05, 3.63) is 35.9 Å². The Bertz CT molecular complexity index is 569. The number of nitrogen functional groups attached to an aromatic ring is 1. The van der Waals surface area contributed by atoms with Crippen molar-refractivity contribution in [2.75, 3.05) is 11.5 Å². The van der Waals surface area contributed by atoms with Crippen LogP contribution in [-0.4, -0.2) is 28.1 Å². The summed E-state index contributed by atoms with van der Waals surface area (Å²) in [5, 5.41) is 11.7. The minimum Gasteiger partial charge on any atom is -0.374 e. The van der Waals surface area contributed by atoms with Gasteiger partial charge in [-0.1, -0.05) is 53.4 Å². The zero-order valence-electron chi connectivity index (χ0n) is 9.81. The number of nitrogens with zero attached hydrogens (tertiary/aromatic N) is 3. The third-order valence-electron chi connectivity index (χ3n) is 1.95. The van der Waals surface area contributed by atoms with Gasteiger partial charge < -0.3 is 5.73 Å². The Balaban J connectivity index is 1.74. The molecule has 0 aliphatic heterocycles. The summed E-state index contributed by atoms with van der Waals surface area (Å²) in [6, 6.07) is 9.51. The number of nitrogens with two attached hydrogens (primary N) is 1. The highest BCUT2D eigenvalue weighted by atomic mass is 32.2. The molecule has 1 heterocycles. The highest BCUT2D eigenvalue weighted by Crippen LogP contribution is 2.22. The number of hydrogen-bond donors (Lipinski definition) is 2. The van der Waals surface area contributed by atoms with E-state index in [-0.39, 0.29) is 11.7 Å². The Hall–Kier alpha value is -1.93. The molecule has 0 radical (unpaired) electrons. The second-order valence-electron chi connectivity index (χ2n) is 3.40. The van der Waals surface area contributed by atoms with Crippen LogP contribution in [0.5, 0.6) is 0 Å². The number of hydrogen-bond acceptors (Lipinski definition) is 7. The van der Waals surface area contributed by atoms with Crippen molar-refractivity contribution in [1.29, 1.82) is 0 Å². The number of nitrogens with one attached hydrogen (secondary N) is 1. The maximum absolute atomic E-state index is 11.5. The molecule has 0 bridgehead atoms. The molecule has 0 aliphatic carbocycles. The first-order chi connectivity index (χ1) is 9.24. The fraction of sp³-hybridized carbons (Fsp3) is 0.0909. The maximum atomic E-state index is 11.5. The van der Waals surface area contributed by atoms with Gasteiger partial charge in [0.2, 0.25) is 5.13 Å². The minimum atomic E-state index is -0.203. The maximum Gasteiger partial charge on any atom is 0.250 e. The predicted molar refractivity (Wildman–Crippen MR) is 77.2 cm³/mol. The highest BCUT2D eigenvalue weighted by molar-refractivity contribution is 8.01. The van der Waals surface area contributed by atoms with E-state index in [1.54, 1.807) is 6.21 Å². The van der Waals surface area contributed by atoms with Crippen LogP contribution >= 0.6 is 23.1 Å². The Morgan fingerprint density at radius 2 is 2.21 bits per heavy atom. The molecule has 0 atom stereocenters. The Labute approximate surface area is 118 Å². The summed E-state index contributed by atoms with van der Waals surface area (Å²) >= 11 is 2.53. The van der Waals surface area contributed by atoms with E-state index in [0.29, 0.717) is 9.47 Å². The van der Waals surface area contributed by atoms with E-state index in [9.17, 15) is 4.79 Å². The van der Waals surface area contributed by atoms with E-state index in [1.165, 1.54) is 23.1 Å². The molecule has 98 valence electrons. The molecule has 1 amide bonds. The molecule has 2 aromatic rings. The highest BCUT2D eigenvalue weighted by Gasteiger charge is 2.05. The van der Waals surface area contributed by atoms with E-state index in [4.69, 9.17) is 5.73 Å². The molecule has 2 rings (SSSR count). The van der Waals surface area contributed by atoms with Gasteiger partial charge in [0.05, 0.1) is 12.0 Å². The molecule has 3 N–H and O–H groups in total. The van der Waals surface area contributed by atoms with Gasteiger partial charge in [0.1, 0.15) is 0 Å². The van der Waals surface area contributed by atoms with Crippen LogP contribution in [0.4, 0.5) is 5.13 Å². The number of thioether (sulfide) groups is 1. The van der Waals surface area contributed by atoms with Crippen molar-refractivity contribution >= 4 is 40.4 Å². The van der Waals surface area contributed by atoms with Crippen molar-refractivity contribution < 1.29 is 4.79 Å². The van der Waals surface area contributed by atoms with Gasteiger partial charge in [0, 0.05) is 0 Å². The normalized spacial score (nSPS) is 10.7. The number of carbonyl (C=O) groups excluding carboxylic acids is 1. The molecule has 6 nitrogen and oxygen atoms in total. The summed E-state index contributed by atoms with van der Waals surface area (Å²) in [6.45, 7) is 0. The SMILES string of the molecule is Nc1nnc(SCC(=O)NN=Cc2ccccc2)s1. The first-order valence-corrected chi connectivity index (χ1v) is 7.13. The van der Waals surface area contributed by atoms with Crippen molar-refractivity contribution in [1.82, 2.24) is 15.6 Å². The summed E-state index contributed by atoms with van der Waals surface area (Å²) in [7, 11) is 0. The monoisotopic (exact) mass is 293 g/mol. The summed E-state index contributed by atoms with van der Waals surface area (Å²) < 4.78 is 0.666. The third kappa shape index (κ3) is 4.68. The summed E-state index contributed by atoms with van der Waals surface area (Å²) in [4.78, 5) is 11.5. The zero-order valence-corrected chi connectivity index (χ0v) is 11.4. The number of aromatic nitrogens is 2. The number of amides is 1. The Morgan fingerprint density at radius 3 is 2.89 bits per heavy atom. The molecular weight excluding hydrogens is 282 g/mol. The van der Waals surface area contributed by atoms with E-state index in [0.717, 1.165) is 5.56 Å². The number of benzene rings is 1. The second kappa shape index (κ2) is 6.86. The van der Waals surface area contributed by atoms with E-state index >= 15 is 0 Å². The topological polar surface area (TPSA) is 93.3 Å². The predicted octanol–water partition coefficient (Wildman–Crippen LogP) is 1.36. The molecule has 1 aromatic carbocycles. The van der Waals surface area contributed by atoms with Crippen LogP contribution in [0.15, 0.2) is 39.8 Å². The van der Waals surface area contributed by atoms with Crippen LogP contribution < -0.4 is 11.2 Å². The first-order valence-electron chi connectivity index (χ1n) is 5.33. The van der Waals surface area contributed by atoms with Gasteiger partial charge in [-0.25, -0.2) is 5.43 Å². The average molecular weight is 293 g/mol. The largest absolute Gasteiger partial charge is 0.374 e. The van der Waals surface area contributed by atoms with Crippen LogP contribution in [0, 0.1) is 0 Å². The molecule has 0 spiro atoms. The average Bonchev–Trinajstić information content (AvgIpc) is 2.83. The Morgan fingerprint density at radius 1 is 1.42 bits per heavy atom. The fourth-order valence-electron chi connectivity index (χ4n) is 1.16. The summed E-state index contributed by atoms with van der Waals surface area (Å²) in [5.74, 6) is 0.0202. The van der Waals surface area contributed by atoms with Gasteiger partial charge in [0.15, 0.2) is 4.34 Å². The lowest BCUT2D eigenvalue weighted by Gasteiger charge is -1.97. The molecule has 0 aliphatic rings. The van der Waals surface area contributed by atoms with Crippen molar-refractivity contribution in [3.63, 3.8) is 0 Å². The van der Waals surface area contributed by atoms with Crippen LogP contribution in [0.2, 0.25) is 0 Å². The molecule has 0 fully saturated rings. The number of anilines is 1. The molecule has 0 saturated carbocycles. The third-order valence-corrected chi connectivity index (χ3v) is 3.84. The van der Waals surface area contributed by atoms with Gasteiger partial charge in [-0.05, 0) is 5.56 Å². The molecule has 1 aromatic heterocycles. The van der Waals surface area contributed by atoms with E-state index in [2.05, 4.69) is 20.7 Å². The van der Waals surface area contributed by atoms with Gasteiger partial charge in [-0.15, -0.1) is 10.2 Å². The molecule has 8 heteroatoms. The smallest absolute Gasteiger partial charge is 0.250 e. The fourth-order valence-corrected chi connectivity index (χ4v) is 2.58. The lowest BCUT2D eigenvalue weighted by molar-refractivity contribution is -0.118. The van der Waals surface area contributed by atoms with Crippen LogP contribution in [0.3, 0.4) is 0 Å². The van der Waals surface area contributed by atoms with Crippen molar-refractivity contribution in [3.8, 4) is 0 Å².